The van der Waals surface area contributed by atoms with Crippen LogP contribution in [0.4, 0.5) is 4.79 Å². The Labute approximate surface area is 97.1 Å². The van der Waals surface area contributed by atoms with Gasteiger partial charge in [-0.25, -0.2) is 4.79 Å². The number of rotatable bonds is 6. The van der Waals surface area contributed by atoms with Crippen molar-refractivity contribution in [3.63, 3.8) is 0 Å². The van der Waals surface area contributed by atoms with E-state index in [2.05, 4.69) is 16.7 Å². The lowest BCUT2D eigenvalue weighted by atomic mass is 10.2. The molecule has 1 aliphatic carbocycles. The number of carbonyl (C=O) groups is 1. The zero-order valence-corrected chi connectivity index (χ0v) is 9.80. The van der Waals surface area contributed by atoms with Crippen LogP contribution in [0.25, 0.3) is 0 Å². The van der Waals surface area contributed by atoms with Crippen LogP contribution in [0.1, 0.15) is 25.7 Å². The lowest BCUT2D eigenvalue weighted by Gasteiger charge is -2.14. The number of hydrogen-bond donors (Lipinski definition) is 2. The summed E-state index contributed by atoms with van der Waals surface area (Å²) in [5, 5.41) is 6.20. The third-order valence-corrected chi connectivity index (χ3v) is 3.26. The molecule has 0 saturated carbocycles. The number of allylic oxidation sites excluding steroid dienone is 1. The van der Waals surface area contributed by atoms with Gasteiger partial charge in [0.1, 0.15) is 0 Å². The lowest BCUT2D eigenvalue weighted by Crippen LogP contribution is -2.34. The standard InChI is InChI=1S/C12H21N3O/c16-12-14-8-10-15(12)9-7-13-6-5-11-3-1-2-4-11/h3,13H,1-2,4-10H2,(H,14,16). The summed E-state index contributed by atoms with van der Waals surface area (Å²) in [6.45, 7) is 4.42. The van der Waals surface area contributed by atoms with Crippen molar-refractivity contribution in [1.82, 2.24) is 15.5 Å². The minimum atomic E-state index is 0.0836. The number of amides is 2. The molecule has 2 rings (SSSR count). The van der Waals surface area contributed by atoms with Gasteiger partial charge in [-0.15, -0.1) is 0 Å². The van der Waals surface area contributed by atoms with Crippen LogP contribution < -0.4 is 10.6 Å². The fourth-order valence-corrected chi connectivity index (χ4v) is 2.28. The van der Waals surface area contributed by atoms with Gasteiger partial charge in [-0.3, -0.25) is 0 Å². The molecule has 2 aliphatic rings. The van der Waals surface area contributed by atoms with Gasteiger partial charge in [0.15, 0.2) is 0 Å². The van der Waals surface area contributed by atoms with Crippen LogP contribution in [0.3, 0.4) is 0 Å². The molecule has 2 N–H and O–H groups in total. The summed E-state index contributed by atoms with van der Waals surface area (Å²) in [7, 11) is 0. The average Bonchev–Trinajstić information content (AvgIpc) is 2.90. The largest absolute Gasteiger partial charge is 0.336 e. The molecule has 90 valence electrons. The molecule has 1 heterocycles. The first-order valence-electron chi connectivity index (χ1n) is 6.27. The molecule has 4 heteroatoms. The van der Waals surface area contributed by atoms with E-state index >= 15 is 0 Å². The van der Waals surface area contributed by atoms with Crippen LogP contribution in [-0.2, 0) is 0 Å². The van der Waals surface area contributed by atoms with E-state index < -0.39 is 0 Å². The monoisotopic (exact) mass is 223 g/mol. The molecule has 1 aliphatic heterocycles. The van der Waals surface area contributed by atoms with Gasteiger partial charge in [-0.05, 0) is 32.2 Å². The molecule has 0 spiro atoms. The van der Waals surface area contributed by atoms with Crippen molar-refractivity contribution in [2.75, 3.05) is 32.7 Å². The molecule has 0 radical (unpaired) electrons. The van der Waals surface area contributed by atoms with Gasteiger partial charge in [0.2, 0.25) is 0 Å². The molecule has 0 bridgehead atoms. The highest BCUT2D eigenvalue weighted by Crippen LogP contribution is 2.19. The smallest absolute Gasteiger partial charge is 0.317 e. The van der Waals surface area contributed by atoms with E-state index in [1.165, 1.54) is 25.7 Å². The molecule has 16 heavy (non-hydrogen) atoms. The predicted octanol–water partition coefficient (Wildman–Crippen LogP) is 1.10. The summed E-state index contributed by atoms with van der Waals surface area (Å²) in [5.74, 6) is 0. The van der Waals surface area contributed by atoms with E-state index in [1.54, 1.807) is 5.57 Å². The molecule has 4 nitrogen and oxygen atoms in total. The van der Waals surface area contributed by atoms with E-state index in [4.69, 9.17) is 0 Å². The number of hydrogen-bond acceptors (Lipinski definition) is 2. The first-order chi connectivity index (χ1) is 7.86. The highest BCUT2D eigenvalue weighted by Gasteiger charge is 2.17. The third kappa shape index (κ3) is 3.23. The quantitative estimate of drug-likeness (QED) is 0.523. The zero-order chi connectivity index (χ0) is 11.2. The van der Waals surface area contributed by atoms with Crippen LogP contribution >= 0.6 is 0 Å². The number of urea groups is 1. The second-order valence-electron chi connectivity index (χ2n) is 4.47. The van der Waals surface area contributed by atoms with Gasteiger partial charge < -0.3 is 15.5 Å². The molecule has 0 unspecified atom stereocenters. The fourth-order valence-electron chi connectivity index (χ4n) is 2.28. The summed E-state index contributed by atoms with van der Waals surface area (Å²) in [4.78, 5) is 13.1. The SMILES string of the molecule is O=C1NCCN1CCNCCC1=CCCC1. The molecule has 2 amide bonds. The summed E-state index contributed by atoms with van der Waals surface area (Å²) in [6, 6.07) is 0.0836. The van der Waals surface area contributed by atoms with Crippen molar-refractivity contribution in [2.45, 2.75) is 25.7 Å². The Hall–Kier alpha value is -1.03. The normalized spacial score (nSPS) is 20.1. The van der Waals surface area contributed by atoms with Crippen molar-refractivity contribution in [2.24, 2.45) is 0 Å². The second-order valence-corrected chi connectivity index (χ2v) is 4.47. The Morgan fingerprint density at radius 3 is 3.06 bits per heavy atom. The molecule has 0 aromatic rings. The number of nitrogens with zero attached hydrogens (tertiary/aromatic N) is 1. The zero-order valence-electron chi connectivity index (χ0n) is 9.80. The summed E-state index contributed by atoms with van der Waals surface area (Å²) < 4.78 is 0. The van der Waals surface area contributed by atoms with Crippen LogP contribution in [0, 0.1) is 0 Å². The van der Waals surface area contributed by atoms with Crippen LogP contribution in [0.5, 0.6) is 0 Å². The maximum atomic E-state index is 11.2. The molecule has 1 fully saturated rings. The van der Waals surface area contributed by atoms with E-state index in [0.29, 0.717) is 0 Å². The van der Waals surface area contributed by atoms with Gasteiger partial charge in [-0.1, -0.05) is 11.6 Å². The first-order valence-corrected chi connectivity index (χ1v) is 6.27. The molecule has 0 atom stereocenters. The van der Waals surface area contributed by atoms with Crippen molar-refractivity contribution < 1.29 is 4.79 Å². The van der Waals surface area contributed by atoms with Crippen molar-refractivity contribution in [3.05, 3.63) is 11.6 Å². The number of carbonyl (C=O) groups excluding carboxylic acids is 1. The average molecular weight is 223 g/mol. The van der Waals surface area contributed by atoms with E-state index in [9.17, 15) is 4.79 Å². The number of nitrogens with one attached hydrogen (secondary N) is 2. The lowest BCUT2D eigenvalue weighted by molar-refractivity contribution is 0.217. The highest BCUT2D eigenvalue weighted by molar-refractivity contribution is 5.76. The minimum Gasteiger partial charge on any atom is -0.336 e. The van der Waals surface area contributed by atoms with Gasteiger partial charge >= 0.3 is 6.03 Å². The fraction of sp³-hybridized carbons (Fsp3) is 0.750. The van der Waals surface area contributed by atoms with E-state index in [-0.39, 0.29) is 6.03 Å². The Morgan fingerprint density at radius 1 is 1.44 bits per heavy atom. The van der Waals surface area contributed by atoms with E-state index in [0.717, 1.165) is 32.7 Å². The van der Waals surface area contributed by atoms with Crippen molar-refractivity contribution >= 4 is 6.03 Å². The Balaban J connectivity index is 1.50. The third-order valence-electron chi connectivity index (χ3n) is 3.26. The Morgan fingerprint density at radius 2 is 2.38 bits per heavy atom. The molecule has 1 saturated heterocycles. The van der Waals surface area contributed by atoms with Crippen LogP contribution in [0.2, 0.25) is 0 Å². The van der Waals surface area contributed by atoms with Gasteiger partial charge in [-0.2, -0.15) is 0 Å². The maximum absolute atomic E-state index is 11.2. The highest BCUT2D eigenvalue weighted by atomic mass is 16.2. The minimum absolute atomic E-state index is 0.0836. The summed E-state index contributed by atoms with van der Waals surface area (Å²) in [5.41, 5.74) is 1.60. The van der Waals surface area contributed by atoms with Gasteiger partial charge in [0, 0.05) is 26.2 Å². The Kier molecular flexibility index (Phi) is 4.22. The topological polar surface area (TPSA) is 44.4 Å². The molecular weight excluding hydrogens is 202 g/mol. The van der Waals surface area contributed by atoms with Crippen molar-refractivity contribution in [1.29, 1.82) is 0 Å². The second kappa shape index (κ2) is 5.89. The maximum Gasteiger partial charge on any atom is 0.317 e. The Bertz CT molecular complexity index is 275. The predicted molar refractivity (Wildman–Crippen MR) is 64.4 cm³/mol. The summed E-state index contributed by atoms with van der Waals surface area (Å²) in [6.07, 6.45) is 7.44. The molecule has 0 aromatic carbocycles. The van der Waals surface area contributed by atoms with Gasteiger partial charge in [0.05, 0.1) is 0 Å². The first kappa shape index (κ1) is 11.5. The molecule has 0 aromatic heterocycles. The van der Waals surface area contributed by atoms with Gasteiger partial charge in [0.25, 0.3) is 0 Å². The molecular formula is C12H21N3O. The van der Waals surface area contributed by atoms with E-state index in [1.807, 2.05) is 4.90 Å². The van der Waals surface area contributed by atoms with Crippen LogP contribution in [0.15, 0.2) is 11.6 Å². The van der Waals surface area contributed by atoms with Crippen LogP contribution in [-0.4, -0.2) is 43.7 Å². The van der Waals surface area contributed by atoms with Crippen molar-refractivity contribution in [3.8, 4) is 0 Å². The summed E-state index contributed by atoms with van der Waals surface area (Å²) >= 11 is 0.